The first kappa shape index (κ1) is 11.1. The Bertz CT molecular complexity index is 395. The van der Waals surface area contributed by atoms with Crippen LogP contribution in [0.25, 0.3) is 0 Å². The average molecular weight is 230 g/mol. The van der Waals surface area contributed by atoms with Crippen molar-refractivity contribution >= 4 is 39.4 Å². The van der Waals surface area contributed by atoms with E-state index < -0.39 is 0 Å². The molecule has 0 amide bonds. The summed E-state index contributed by atoms with van der Waals surface area (Å²) >= 11 is 11.2. The summed E-state index contributed by atoms with van der Waals surface area (Å²) in [6.07, 6.45) is 1.65. The van der Waals surface area contributed by atoms with Gasteiger partial charge in [0.15, 0.2) is 5.82 Å². The molecule has 74 valence electrons. The van der Waals surface area contributed by atoms with Crippen LogP contribution in [0.15, 0.2) is 17.3 Å². The fraction of sp³-hybridized carbons (Fsp3) is 0.222. The van der Waals surface area contributed by atoms with Gasteiger partial charge in [-0.25, -0.2) is 9.98 Å². The van der Waals surface area contributed by atoms with E-state index in [1.807, 2.05) is 6.92 Å². The van der Waals surface area contributed by atoms with E-state index in [1.165, 1.54) is 0 Å². The maximum Gasteiger partial charge on any atom is 0.163 e. The zero-order chi connectivity index (χ0) is 10.7. The molecule has 0 saturated carbocycles. The zero-order valence-electron chi connectivity index (χ0n) is 7.81. The third-order valence-electron chi connectivity index (χ3n) is 1.50. The number of aryl methyl sites for hydroxylation is 1. The molecule has 3 nitrogen and oxygen atoms in total. The van der Waals surface area contributed by atoms with Crippen LogP contribution < -0.4 is 0 Å². The summed E-state index contributed by atoms with van der Waals surface area (Å²) < 4.78 is 0. The van der Waals surface area contributed by atoms with Crippen molar-refractivity contribution in [3.8, 4) is 0 Å². The number of rotatable bonds is 2. The molecular weight excluding hydrogens is 221 g/mol. The lowest BCUT2D eigenvalue weighted by Gasteiger charge is -2.02. The first-order valence-corrected chi connectivity index (χ1v) is 4.68. The molecule has 14 heavy (non-hydrogen) atoms. The first-order chi connectivity index (χ1) is 6.50. The van der Waals surface area contributed by atoms with Crippen molar-refractivity contribution in [1.29, 1.82) is 5.41 Å². The second-order valence-electron chi connectivity index (χ2n) is 2.81. The maximum absolute atomic E-state index is 7.33. The molecule has 0 aliphatic heterocycles. The van der Waals surface area contributed by atoms with Crippen LogP contribution in [0.3, 0.4) is 0 Å². The van der Waals surface area contributed by atoms with E-state index in [2.05, 4.69) is 9.98 Å². The summed E-state index contributed by atoms with van der Waals surface area (Å²) in [5, 5.41) is 7.61. The van der Waals surface area contributed by atoms with E-state index in [-0.39, 0.29) is 5.17 Å². The SMILES string of the molecule is C/C(Cl)=N\c1ncc(C)cc1C(=N)Cl. The predicted molar refractivity (Wildman–Crippen MR) is 60.3 cm³/mol. The van der Waals surface area contributed by atoms with Crippen LogP contribution in [0.1, 0.15) is 18.1 Å². The maximum atomic E-state index is 7.33. The zero-order valence-corrected chi connectivity index (χ0v) is 9.32. The lowest BCUT2D eigenvalue weighted by molar-refractivity contribution is 1.22. The third kappa shape index (κ3) is 2.79. The highest BCUT2D eigenvalue weighted by Gasteiger charge is 2.07. The van der Waals surface area contributed by atoms with E-state index >= 15 is 0 Å². The first-order valence-electron chi connectivity index (χ1n) is 3.92. The Kier molecular flexibility index (Phi) is 3.61. The van der Waals surface area contributed by atoms with Crippen LogP contribution in [0, 0.1) is 12.3 Å². The van der Waals surface area contributed by atoms with E-state index in [1.54, 1.807) is 19.2 Å². The molecule has 1 N–H and O–H groups in total. The van der Waals surface area contributed by atoms with Crippen molar-refractivity contribution in [3.05, 3.63) is 23.4 Å². The predicted octanol–water partition coefficient (Wildman–Crippen LogP) is 3.24. The number of aliphatic imine (C=N–C) groups is 1. The highest BCUT2D eigenvalue weighted by atomic mass is 35.5. The number of hydrogen-bond donors (Lipinski definition) is 1. The van der Waals surface area contributed by atoms with Gasteiger partial charge in [0.2, 0.25) is 0 Å². The largest absolute Gasteiger partial charge is 0.289 e. The molecule has 1 aromatic rings. The standard InChI is InChI=1S/C9H9Cl2N3/c1-5-3-7(8(11)12)9(13-4-5)14-6(2)10/h3-4,12H,1-2H3/b12-8?,14-6+. The Morgan fingerprint density at radius 1 is 1.50 bits per heavy atom. The van der Waals surface area contributed by atoms with Crippen LogP contribution in [0.4, 0.5) is 5.82 Å². The molecule has 1 aromatic heterocycles. The second kappa shape index (κ2) is 4.53. The Morgan fingerprint density at radius 3 is 2.64 bits per heavy atom. The molecule has 1 rings (SSSR count). The Labute approximate surface area is 92.3 Å². The average Bonchev–Trinajstić information content (AvgIpc) is 2.07. The van der Waals surface area contributed by atoms with E-state index in [9.17, 15) is 0 Å². The Balaban J connectivity index is 3.29. The van der Waals surface area contributed by atoms with Gasteiger partial charge in [0.05, 0.1) is 5.56 Å². The molecule has 0 spiro atoms. The number of pyridine rings is 1. The summed E-state index contributed by atoms with van der Waals surface area (Å²) in [6, 6.07) is 1.75. The van der Waals surface area contributed by atoms with Gasteiger partial charge >= 0.3 is 0 Å². The van der Waals surface area contributed by atoms with Gasteiger partial charge in [0, 0.05) is 6.20 Å². The van der Waals surface area contributed by atoms with Gasteiger partial charge in [-0.3, -0.25) is 5.41 Å². The molecular formula is C9H9Cl2N3. The highest BCUT2D eigenvalue weighted by molar-refractivity contribution is 6.69. The lowest BCUT2D eigenvalue weighted by atomic mass is 10.2. The van der Waals surface area contributed by atoms with Crippen LogP contribution in [0.2, 0.25) is 0 Å². The quantitative estimate of drug-likeness (QED) is 0.779. The minimum atomic E-state index is -0.0853. The minimum absolute atomic E-state index is 0.0853. The van der Waals surface area contributed by atoms with Crippen LogP contribution in [-0.4, -0.2) is 15.3 Å². The molecule has 0 aliphatic carbocycles. The molecule has 0 aromatic carbocycles. The molecule has 0 fully saturated rings. The fourth-order valence-corrected chi connectivity index (χ4v) is 1.18. The van der Waals surface area contributed by atoms with Gasteiger partial charge in [-0.15, -0.1) is 0 Å². The van der Waals surface area contributed by atoms with Crippen molar-refractivity contribution in [2.45, 2.75) is 13.8 Å². The van der Waals surface area contributed by atoms with Crippen molar-refractivity contribution < 1.29 is 0 Å². The summed E-state index contributed by atoms with van der Waals surface area (Å²) in [4.78, 5) is 8.01. The molecule has 0 unspecified atom stereocenters. The summed E-state index contributed by atoms with van der Waals surface area (Å²) in [5.74, 6) is 0.378. The molecule has 1 heterocycles. The number of nitrogens with one attached hydrogen (secondary N) is 1. The molecule has 0 aliphatic rings. The number of aromatic nitrogens is 1. The van der Waals surface area contributed by atoms with Crippen LogP contribution in [0.5, 0.6) is 0 Å². The van der Waals surface area contributed by atoms with Crippen molar-refractivity contribution in [2.24, 2.45) is 4.99 Å². The van der Waals surface area contributed by atoms with E-state index in [4.69, 9.17) is 28.6 Å². The summed E-state index contributed by atoms with van der Waals surface area (Å²) in [7, 11) is 0. The fourth-order valence-electron chi connectivity index (χ4n) is 0.959. The monoisotopic (exact) mass is 229 g/mol. The van der Waals surface area contributed by atoms with Crippen LogP contribution >= 0.6 is 23.2 Å². The van der Waals surface area contributed by atoms with Gasteiger partial charge in [0.1, 0.15) is 10.3 Å². The normalized spacial score (nSPS) is 11.6. The lowest BCUT2D eigenvalue weighted by Crippen LogP contribution is -1.94. The summed E-state index contributed by atoms with van der Waals surface area (Å²) in [5.41, 5.74) is 1.42. The molecule has 5 heteroatoms. The Morgan fingerprint density at radius 2 is 2.14 bits per heavy atom. The minimum Gasteiger partial charge on any atom is -0.289 e. The molecule has 0 radical (unpaired) electrons. The van der Waals surface area contributed by atoms with Gasteiger partial charge in [-0.1, -0.05) is 23.2 Å². The number of nitrogens with zero attached hydrogens (tertiary/aromatic N) is 2. The van der Waals surface area contributed by atoms with Gasteiger partial charge in [-0.2, -0.15) is 0 Å². The highest BCUT2D eigenvalue weighted by Crippen LogP contribution is 2.19. The van der Waals surface area contributed by atoms with E-state index in [0.29, 0.717) is 16.6 Å². The molecule has 0 atom stereocenters. The van der Waals surface area contributed by atoms with Crippen molar-refractivity contribution in [1.82, 2.24) is 4.98 Å². The van der Waals surface area contributed by atoms with E-state index in [0.717, 1.165) is 5.56 Å². The molecule has 0 saturated heterocycles. The number of hydrogen-bond acceptors (Lipinski definition) is 3. The van der Waals surface area contributed by atoms with Gasteiger partial charge < -0.3 is 0 Å². The topological polar surface area (TPSA) is 49.1 Å². The smallest absolute Gasteiger partial charge is 0.163 e. The third-order valence-corrected chi connectivity index (χ3v) is 1.79. The molecule has 0 bridgehead atoms. The van der Waals surface area contributed by atoms with Crippen LogP contribution in [-0.2, 0) is 0 Å². The second-order valence-corrected chi connectivity index (χ2v) is 3.73. The van der Waals surface area contributed by atoms with Gasteiger partial charge in [-0.05, 0) is 25.5 Å². The van der Waals surface area contributed by atoms with Crippen molar-refractivity contribution in [2.75, 3.05) is 0 Å². The number of halogens is 2. The van der Waals surface area contributed by atoms with Crippen molar-refractivity contribution in [3.63, 3.8) is 0 Å². The Hall–Kier alpha value is -0.930. The van der Waals surface area contributed by atoms with Gasteiger partial charge in [0.25, 0.3) is 0 Å². The summed E-state index contributed by atoms with van der Waals surface area (Å²) in [6.45, 7) is 3.52.